The van der Waals surface area contributed by atoms with E-state index in [2.05, 4.69) is 37.7 Å². The van der Waals surface area contributed by atoms with Crippen molar-refractivity contribution in [3.63, 3.8) is 0 Å². The van der Waals surface area contributed by atoms with Gasteiger partial charge >= 0.3 is 0 Å². The summed E-state index contributed by atoms with van der Waals surface area (Å²) in [6.45, 7) is 3.87. The molecule has 26 heavy (non-hydrogen) atoms. The molecule has 0 aliphatic carbocycles. The Balaban J connectivity index is 1.70. The fourth-order valence-electron chi connectivity index (χ4n) is 2.61. The Hall–Kier alpha value is -3.03. The first-order valence-corrected chi connectivity index (χ1v) is 8.40. The summed E-state index contributed by atoms with van der Waals surface area (Å²) >= 11 is 0. The second-order valence-corrected chi connectivity index (χ2v) is 5.97. The molecule has 0 amide bonds. The van der Waals surface area contributed by atoms with Crippen LogP contribution in [0.2, 0.25) is 0 Å². The molecule has 0 bridgehead atoms. The summed E-state index contributed by atoms with van der Waals surface area (Å²) in [4.78, 5) is 8.30. The summed E-state index contributed by atoms with van der Waals surface area (Å²) in [5.74, 6) is 0.536. The fraction of sp³-hybridized carbons (Fsp3) is 0.278. The van der Waals surface area contributed by atoms with Gasteiger partial charge in [0.25, 0.3) is 0 Å². The highest BCUT2D eigenvalue weighted by molar-refractivity contribution is 5.56. The summed E-state index contributed by atoms with van der Waals surface area (Å²) in [7, 11) is 0. The molecule has 0 spiro atoms. The van der Waals surface area contributed by atoms with Gasteiger partial charge in [0, 0.05) is 29.5 Å². The molecule has 0 fully saturated rings. The SMILES string of the molecule is CCCc1cc(Nc2cc(NC(C)c3ccc(F)cc3F)ncn2)n[nH]1. The second kappa shape index (κ2) is 7.90. The highest BCUT2D eigenvalue weighted by Crippen LogP contribution is 2.23. The molecule has 3 rings (SSSR count). The standard InChI is InChI=1S/C18H20F2N6/c1-3-4-13-8-18(26-25-13)24-17-9-16(21-10-22-17)23-11(2)14-6-5-12(19)7-15(14)20/h5-11H,3-4H2,1-2H3,(H3,21,22,23,24,25,26). The molecule has 3 aromatic rings. The zero-order chi connectivity index (χ0) is 18.5. The Bertz CT molecular complexity index is 880. The largest absolute Gasteiger partial charge is 0.363 e. The van der Waals surface area contributed by atoms with Crippen molar-refractivity contribution in [1.29, 1.82) is 0 Å². The minimum absolute atomic E-state index is 0.357. The number of hydrogen-bond donors (Lipinski definition) is 3. The van der Waals surface area contributed by atoms with Crippen LogP contribution in [-0.2, 0) is 6.42 Å². The van der Waals surface area contributed by atoms with Gasteiger partial charge in [0.15, 0.2) is 5.82 Å². The topological polar surface area (TPSA) is 78.5 Å². The molecular weight excluding hydrogens is 338 g/mol. The molecule has 2 aromatic heterocycles. The predicted molar refractivity (Wildman–Crippen MR) is 96.3 cm³/mol. The van der Waals surface area contributed by atoms with Crippen LogP contribution >= 0.6 is 0 Å². The Morgan fingerprint density at radius 3 is 2.65 bits per heavy atom. The summed E-state index contributed by atoms with van der Waals surface area (Å²) in [5.41, 5.74) is 1.40. The van der Waals surface area contributed by atoms with Gasteiger partial charge in [-0.25, -0.2) is 18.7 Å². The van der Waals surface area contributed by atoms with Gasteiger partial charge in [-0.1, -0.05) is 19.4 Å². The lowest BCUT2D eigenvalue weighted by Crippen LogP contribution is -2.10. The number of nitrogens with one attached hydrogen (secondary N) is 3. The number of anilines is 3. The lowest BCUT2D eigenvalue weighted by atomic mass is 10.1. The molecule has 3 N–H and O–H groups in total. The summed E-state index contributed by atoms with van der Waals surface area (Å²) < 4.78 is 26.9. The number of halogens is 2. The van der Waals surface area contributed by atoms with Crippen LogP contribution in [0.15, 0.2) is 36.7 Å². The first-order chi connectivity index (χ1) is 12.5. The normalized spacial score (nSPS) is 12.0. The number of aryl methyl sites for hydroxylation is 1. The molecule has 136 valence electrons. The van der Waals surface area contributed by atoms with Gasteiger partial charge in [-0.3, -0.25) is 5.10 Å². The molecule has 0 aliphatic rings. The van der Waals surface area contributed by atoms with E-state index in [9.17, 15) is 8.78 Å². The van der Waals surface area contributed by atoms with Crippen LogP contribution in [0.25, 0.3) is 0 Å². The lowest BCUT2D eigenvalue weighted by Gasteiger charge is -2.16. The number of nitrogens with zero attached hydrogens (tertiary/aromatic N) is 3. The van der Waals surface area contributed by atoms with E-state index in [1.165, 1.54) is 18.5 Å². The van der Waals surface area contributed by atoms with E-state index in [4.69, 9.17) is 0 Å². The van der Waals surface area contributed by atoms with Crippen LogP contribution in [0.5, 0.6) is 0 Å². The summed E-state index contributed by atoms with van der Waals surface area (Å²) in [5, 5.41) is 13.3. The highest BCUT2D eigenvalue weighted by Gasteiger charge is 2.13. The van der Waals surface area contributed by atoms with Gasteiger partial charge in [0.2, 0.25) is 0 Å². The molecule has 6 nitrogen and oxygen atoms in total. The van der Waals surface area contributed by atoms with Crippen LogP contribution in [0.3, 0.4) is 0 Å². The zero-order valence-electron chi connectivity index (χ0n) is 14.6. The van der Waals surface area contributed by atoms with E-state index >= 15 is 0 Å². The quantitative estimate of drug-likeness (QED) is 0.585. The van der Waals surface area contributed by atoms with E-state index in [-0.39, 0.29) is 6.04 Å². The maximum atomic E-state index is 13.9. The van der Waals surface area contributed by atoms with Crippen LogP contribution in [0, 0.1) is 11.6 Å². The minimum Gasteiger partial charge on any atom is -0.363 e. The molecule has 1 unspecified atom stereocenters. The van der Waals surface area contributed by atoms with E-state index in [1.807, 2.05) is 6.07 Å². The van der Waals surface area contributed by atoms with Crippen molar-refractivity contribution < 1.29 is 8.78 Å². The Morgan fingerprint density at radius 1 is 1.08 bits per heavy atom. The highest BCUT2D eigenvalue weighted by atomic mass is 19.1. The number of hydrogen-bond acceptors (Lipinski definition) is 5. The van der Waals surface area contributed by atoms with Crippen LogP contribution in [0.1, 0.15) is 37.6 Å². The monoisotopic (exact) mass is 358 g/mol. The van der Waals surface area contributed by atoms with E-state index in [0.717, 1.165) is 24.6 Å². The molecule has 1 aromatic carbocycles. The number of benzene rings is 1. The van der Waals surface area contributed by atoms with Crippen molar-refractivity contribution >= 4 is 17.5 Å². The number of aromatic nitrogens is 4. The van der Waals surface area contributed by atoms with Crippen LogP contribution < -0.4 is 10.6 Å². The third kappa shape index (κ3) is 4.33. The Kier molecular flexibility index (Phi) is 5.40. The van der Waals surface area contributed by atoms with Crippen molar-refractivity contribution in [2.24, 2.45) is 0 Å². The first kappa shape index (κ1) is 17.8. The van der Waals surface area contributed by atoms with Gasteiger partial charge in [0.05, 0.1) is 6.04 Å². The average molecular weight is 358 g/mol. The minimum atomic E-state index is -0.603. The molecule has 8 heteroatoms. The fourth-order valence-corrected chi connectivity index (χ4v) is 2.61. The molecule has 0 aliphatic heterocycles. The predicted octanol–water partition coefficient (Wildman–Crippen LogP) is 4.35. The molecular formula is C18H20F2N6. The second-order valence-electron chi connectivity index (χ2n) is 5.97. The van der Waals surface area contributed by atoms with E-state index in [1.54, 1.807) is 13.0 Å². The van der Waals surface area contributed by atoms with E-state index in [0.29, 0.717) is 23.0 Å². The van der Waals surface area contributed by atoms with Gasteiger partial charge in [-0.05, 0) is 19.4 Å². The van der Waals surface area contributed by atoms with Crippen molar-refractivity contribution in [3.05, 3.63) is 59.6 Å². The molecule has 0 saturated heterocycles. The lowest BCUT2D eigenvalue weighted by molar-refractivity contribution is 0.566. The van der Waals surface area contributed by atoms with Gasteiger partial charge < -0.3 is 10.6 Å². The summed E-state index contributed by atoms with van der Waals surface area (Å²) in [6.07, 6.45) is 3.35. The van der Waals surface area contributed by atoms with Crippen LogP contribution in [-0.4, -0.2) is 20.2 Å². The third-order valence-corrected chi connectivity index (χ3v) is 3.87. The molecule has 2 heterocycles. The Morgan fingerprint density at radius 2 is 1.88 bits per heavy atom. The van der Waals surface area contributed by atoms with Crippen molar-refractivity contribution in [2.75, 3.05) is 10.6 Å². The molecule has 1 atom stereocenters. The van der Waals surface area contributed by atoms with Gasteiger partial charge in [-0.2, -0.15) is 5.10 Å². The van der Waals surface area contributed by atoms with Crippen molar-refractivity contribution in [2.45, 2.75) is 32.7 Å². The van der Waals surface area contributed by atoms with Gasteiger partial charge in [0.1, 0.15) is 29.6 Å². The zero-order valence-corrected chi connectivity index (χ0v) is 14.6. The van der Waals surface area contributed by atoms with Crippen molar-refractivity contribution in [3.8, 4) is 0 Å². The number of aromatic amines is 1. The molecule has 0 radical (unpaired) electrons. The van der Waals surface area contributed by atoms with E-state index < -0.39 is 11.6 Å². The maximum absolute atomic E-state index is 13.9. The smallest absolute Gasteiger partial charge is 0.153 e. The third-order valence-electron chi connectivity index (χ3n) is 3.87. The number of rotatable bonds is 7. The Labute approximate surface area is 150 Å². The van der Waals surface area contributed by atoms with Crippen LogP contribution in [0.4, 0.5) is 26.2 Å². The van der Waals surface area contributed by atoms with Gasteiger partial charge in [-0.15, -0.1) is 0 Å². The summed E-state index contributed by atoms with van der Waals surface area (Å²) in [6, 6.07) is 6.75. The average Bonchev–Trinajstić information content (AvgIpc) is 3.02. The molecule has 0 saturated carbocycles. The van der Waals surface area contributed by atoms with Crippen molar-refractivity contribution in [1.82, 2.24) is 20.2 Å². The number of H-pyrrole nitrogens is 1. The first-order valence-electron chi connectivity index (χ1n) is 8.40. The maximum Gasteiger partial charge on any atom is 0.153 e.